The van der Waals surface area contributed by atoms with Gasteiger partial charge in [0.15, 0.2) is 6.23 Å². The van der Waals surface area contributed by atoms with Crippen LogP contribution in [0.1, 0.15) is 12.8 Å². The van der Waals surface area contributed by atoms with Crippen LogP contribution < -0.4 is 5.73 Å². The quantitative estimate of drug-likeness (QED) is 0.564. The Morgan fingerprint density at radius 3 is 2.82 bits per heavy atom. The molecule has 2 aliphatic rings. The molecule has 1 fully saturated rings. The van der Waals surface area contributed by atoms with Gasteiger partial charge in [-0.3, -0.25) is 9.28 Å². The van der Waals surface area contributed by atoms with Crippen molar-refractivity contribution in [3.63, 3.8) is 0 Å². The van der Waals surface area contributed by atoms with E-state index in [9.17, 15) is 4.79 Å². The Labute approximate surface area is 132 Å². The Kier molecular flexibility index (Phi) is 6.09. The summed E-state index contributed by atoms with van der Waals surface area (Å²) in [6.45, 7) is 0.985. The SMILES string of the molecule is COP(OC)OCC1CCC([N+]2(C)C=CC=C(C(N)=O)C2)O1. The number of primary amides is 1. The lowest BCUT2D eigenvalue weighted by molar-refractivity contribution is -0.903. The molecule has 0 spiro atoms. The van der Waals surface area contributed by atoms with Gasteiger partial charge in [0.1, 0.15) is 6.54 Å². The molecule has 3 unspecified atom stereocenters. The number of carbonyl (C=O) groups excluding carboxylic acids is 1. The third-order valence-electron chi connectivity index (χ3n) is 3.96. The zero-order valence-electron chi connectivity index (χ0n) is 13.2. The zero-order chi connectivity index (χ0) is 16.2. The van der Waals surface area contributed by atoms with Crippen LogP contribution in [0, 0.1) is 0 Å². The Morgan fingerprint density at radius 2 is 2.18 bits per heavy atom. The molecule has 2 heterocycles. The van der Waals surface area contributed by atoms with Crippen molar-refractivity contribution in [3.05, 3.63) is 23.9 Å². The molecule has 0 aliphatic carbocycles. The van der Waals surface area contributed by atoms with Crippen LogP contribution in [0.5, 0.6) is 0 Å². The third-order valence-corrected chi connectivity index (χ3v) is 4.91. The van der Waals surface area contributed by atoms with E-state index in [-0.39, 0.29) is 18.2 Å². The summed E-state index contributed by atoms with van der Waals surface area (Å²) in [5.74, 6) is -0.377. The van der Waals surface area contributed by atoms with Crippen LogP contribution in [0.25, 0.3) is 0 Å². The van der Waals surface area contributed by atoms with Gasteiger partial charge in [-0.15, -0.1) is 0 Å². The summed E-state index contributed by atoms with van der Waals surface area (Å²) < 4.78 is 22.3. The molecular formula is C14H24N2O5P+. The van der Waals surface area contributed by atoms with E-state index in [0.717, 1.165) is 12.8 Å². The smallest absolute Gasteiger partial charge is 0.332 e. The van der Waals surface area contributed by atoms with Crippen LogP contribution in [0.4, 0.5) is 0 Å². The Balaban J connectivity index is 1.89. The van der Waals surface area contributed by atoms with Crippen LogP contribution in [-0.2, 0) is 23.1 Å². The van der Waals surface area contributed by atoms with Gasteiger partial charge in [-0.1, -0.05) is 0 Å². The van der Waals surface area contributed by atoms with Gasteiger partial charge < -0.3 is 24.0 Å². The third kappa shape index (κ3) is 4.13. The highest BCUT2D eigenvalue weighted by Gasteiger charge is 2.41. The molecule has 0 aromatic rings. The number of quaternary nitrogens is 1. The molecule has 0 bridgehead atoms. The first-order valence-electron chi connectivity index (χ1n) is 7.18. The average Bonchev–Trinajstić information content (AvgIpc) is 2.98. The predicted molar refractivity (Wildman–Crippen MR) is 82.3 cm³/mol. The Morgan fingerprint density at radius 1 is 1.45 bits per heavy atom. The maximum Gasteiger partial charge on any atom is 0.332 e. The summed E-state index contributed by atoms with van der Waals surface area (Å²) >= 11 is 0. The molecule has 22 heavy (non-hydrogen) atoms. The van der Waals surface area contributed by atoms with Crippen LogP contribution in [0.15, 0.2) is 23.9 Å². The molecule has 2 rings (SSSR count). The molecule has 3 atom stereocenters. The minimum Gasteiger partial charge on any atom is -0.366 e. The Bertz CT molecular complexity index is 466. The maximum absolute atomic E-state index is 11.4. The van der Waals surface area contributed by atoms with E-state index in [1.54, 1.807) is 20.3 Å². The van der Waals surface area contributed by atoms with E-state index >= 15 is 0 Å². The molecule has 0 saturated carbocycles. The molecule has 124 valence electrons. The van der Waals surface area contributed by atoms with Crippen molar-refractivity contribution in [2.24, 2.45) is 5.73 Å². The van der Waals surface area contributed by atoms with Crippen molar-refractivity contribution in [1.29, 1.82) is 0 Å². The second-order valence-electron chi connectivity index (χ2n) is 5.58. The molecule has 0 aromatic carbocycles. The summed E-state index contributed by atoms with van der Waals surface area (Å²) in [6, 6.07) is 0. The first kappa shape index (κ1) is 17.5. The van der Waals surface area contributed by atoms with Crippen molar-refractivity contribution in [1.82, 2.24) is 0 Å². The number of allylic oxidation sites excluding steroid dienone is 2. The molecule has 7 nitrogen and oxygen atoms in total. The highest BCUT2D eigenvalue weighted by molar-refractivity contribution is 7.41. The zero-order valence-corrected chi connectivity index (χ0v) is 14.1. The van der Waals surface area contributed by atoms with E-state index in [4.69, 9.17) is 24.0 Å². The number of carbonyl (C=O) groups is 1. The lowest BCUT2D eigenvalue weighted by Crippen LogP contribution is -2.51. The first-order chi connectivity index (χ1) is 10.5. The topological polar surface area (TPSA) is 80.0 Å². The lowest BCUT2D eigenvalue weighted by Gasteiger charge is -2.37. The molecule has 2 N–H and O–H groups in total. The van der Waals surface area contributed by atoms with Crippen molar-refractivity contribution in [3.8, 4) is 0 Å². The van der Waals surface area contributed by atoms with Gasteiger partial charge in [-0.05, 0) is 18.6 Å². The maximum atomic E-state index is 11.4. The number of likely N-dealkylation sites (N-methyl/N-ethyl adjacent to an activating group) is 1. The van der Waals surface area contributed by atoms with Gasteiger partial charge in [0.05, 0.1) is 31.5 Å². The first-order valence-corrected chi connectivity index (χ1v) is 8.28. The molecule has 8 heteroatoms. The van der Waals surface area contributed by atoms with E-state index in [0.29, 0.717) is 23.2 Å². The van der Waals surface area contributed by atoms with Crippen molar-refractivity contribution >= 4 is 14.5 Å². The van der Waals surface area contributed by atoms with Gasteiger partial charge in [-0.2, -0.15) is 0 Å². The molecule has 1 amide bonds. The minimum atomic E-state index is -1.30. The predicted octanol–water partition coefficient (Wildman–Crippen LogP) is 1.41. The second-order valence-corrected chi connectivity index (χ2v) is 7.01. The molecule has 0 radical (unpaired) electrons. The van der Waals surface area contributed by atoms with Gasteiger partial charge in [0.25, 0.3) is 0 Å². The number of hydrogen-bond donors (Lipinski definition) is 1. The van der Waals surface area contributed by atoms with Crippen LogP contribution in [0.2, 0.25) is 0 Å². The highest BCUT2D eigenvalue weighted by atomic mass is 31.2. The van der Waals surface area contributed by atoms with E-state index < -0.39 is 8.60 Å². The number of ether oxygens (including phenoxy) is 1. The standard InChI is InChI=1S/C14H23N2O5P/c1-16(8-4-5-11(9-16)14(15)17)13-7-6-12(21-13)10-20-22(18-2)19-3/h4-5,8,12-13H,6-7,9-10H2,1-3H3,(H-,15,17)/p+1. The van der Waals surface area contributed by atoms with Crippen molar-refractivity contribution < 1.29 is 27.6 Å². The second kappa shape index (κ2) is 7.64. The van der Waals surface area contributed by atoms with Crippen LogP contribution in [0.3, 0.4) is 0 Å². The van der Waals surface area contributed by atoms with Crippen LogP contribution >= 0.6 is 8.60 Å². The Hall–Kier alpha value is -0.820. The van der Waals surface area contributed by atoms with Crippen LogP contribution in [-0.4, -0.2) is 57.1 Å². The number of amides is 1. The monoisotopic (exact) mass is 331 g/mol. The fourth-order valence-corrected chi connectivity index (χ4v) is 3.40. The van der Waals surface area contributed by atoms with Gasteiger partial charge in [0.2, 0.25) is 5.91 Å². The summed E-state index contributed by atoms with van der Waals surface area (Å²) in [5.41, 5.74) is 6.01. The van der Waals surface area contributed by atoms with E-state index in [2.05, 4.69) is 0 Å². The number of nitrogens with zero attached hydrogens (tertiary/aromatic N) is 1. The van der Waals surface area contributed by atoms with Gasteiger partial charge >= 0.3 is 8.60 Å². The number of rotatable bonds is 7. The summed E-state index contributed by atoms with van der Waals surface area (Å²) in [5, 5.41) is 0. The number of nitrogens with two attached hydrogens (primary N) is 1. The fraction of sp³-hybridized carbons (Fsp3) is 0.643. The summed E-state index contributed by atoms with van der Waals surface area (Å²) in [6.07, 6.45) is 7.47. The van der Waals surface area contributed by atoms with E-state index in [1.807, 2.05) is 19.3 Å². The molecular weight excluding hydrogens is 307 g/mol. The molecule has 0 aromatic heterocycles. The van der Waals surface area contributed by atoms with Gasteiger partial charge in [0, 0.05) is 20.6 Å². The van der Waals surface area contributed by atoms with Crippen molar-refractivity contribution in [2.45, 2.75) is 25.2 Å². The average molecular weight is 331 g/mol. The largest absolute Gasteiger partial charge is 0.366 e. The highest BCUT2D eigenvalue weighted by Crippen LogP contribution is 2.39. The molecule has 2 aliphatic heterocycles. The normalized spacial score (nSPS) is 31.5. The molecule has 1 saturated heterocycles. The minimum absolute atomic E-state index is 0.00610. The fourth-order valence-electron chi connectivity index (χ4n) is 2.75. The number of hydrogen-bond acceptors (Lipinski definition) is 5. The summed E-state index contributed by atoms with van der Waals surface area (Å²) in [4.78, 5) is 11.4. The van der Waals surface area contributed by atoms with E-state index in [1.165, 1.54) is 0 Å². The lowest BCUT2D eigenvalue weighted by atomic mass is 10.1. The summed E-state index contributed by atoms with van der Waals surface area (Å²) in [7, 11) is 3.84. The van der Waals surface area contributed by atoms with Gasteiger partial charge in [-0.25, -0.2) is 0 Å². The van der Waals surface area contributed by atoms with Crippen molar-refractivity contribution in [2.75, 3.05) is 34.4 Å².